The largest absolute Gasteiger partial charge is 0.360 e. The molecule has 0 spiro atoms. The second-order valence-electron chi connectivity index (χ2n) is 8.72. The highest BCUT2D eigenvalue weighted by Gasteiger charge is 2.20. The van der Waals surface area contributed by atoms with Crippen LogP contribution in [0.1, 0.15) is 28.4 Å². The molecule has 0 saturated carbocycles. The number of thioether (sulfide) groups is 1. The SMILES string of the molecule is CCc1cccc2c(C(=O)CSc3nnc4n(-c5ccc(C)cc5)c(=O)c5ccccc5n34)c[nH]c12. The van der Waals surface area contributed by atoms with Crippen LogP contribution in [0.25, 0.3) is 33.3 Å². The summed E-state index contributed by atoms with van der Waals surface area (Å²) in [5, 5.41) is 10.8. The Balaban J connectivity index is 1.43. The van der Waals surface area contributed by atoms with Crippen molar-refractivity contribution in [3.63, 3.8) is 0 Å². The van der Waals surface area contributed by atoms with Gasteiger partial charge in [0.1, 0.15) is 0 Å². The number of H-pyrrole nitrogens is 1. The molecule has 0 aliphatic heterocycles. The Hall–Kier alpha value is -4.17. The van der Waals surface area contributed by atoms with Crippen molar-refractivity contribution in [2.24, 2.45) is 0 Å². The number of ketones is 1. The van der Waals surface area contributed by atoms with Crippen LogP contribution in [0.4, 0.5) is 0 Å². The van der Waals surface area contributed by atoms with Gasteiger partial charge in [0.15, 0.2) is 10.9 Å². The van der Waals surface area contributed by atoms with Crippen molar-refractivity contribution < 1.29 is 4.79 Å². The number of nitrogens with one attached hydrogen (secondary N) is 1. The number of aromatic nitrogens is 5. The Labute approximate surface area is 210 Å². The maximum atomic E-state index is 13.5. The van der Waals surface area contributed by atoms with Crippen LogP contribution in [0.3, 0.4) is 0 Å². The van der Waals surface area contributed by atoms with Gasteiger partial charge in [-0.25, -0.2) is 4.57 Å². The molecule has 0 bridgehead atoms. The number of carbonyl (C=O) groups excluding carboxylic acids is 1. The molecule has 6 aromatic rings. The third-order valence-electron chi connectivity index (χ3n) is 6.50. The molecule has 3 aromatic carbocycles. The molecule has 0 unspecified atom stereocenters. The van der Waals surface area contributed by atoms with Gasteiger partial charge in [0, 0.05) is 22.7 Å². The van der Waals surface area contributed by atoms with Crippen molar-refractivity contribution in [3.8, 4) is 5.69 Å². The topological polar surface area (TPSA) is 85.0 Å². The van der Waals surface area contributed by atoms with E-state index in [4.69, 9.17) is 0 Å². The molecule has 0 saturated heterocycles. The first-order valence-electron chi connectivity index (χ1n) is 11.8. The van der Waals surface area contributed by atoms with Crippen molar-refractivity contribution in [2.75, 3.05) is 5.75 Å². The molecule has 0 atom stereocenters. The number of benzene rings is 3. The molecule has 8 heteroatoms. The van der Waals surface area contributed by atoms with E-state index in [9.17, 15) is 9.59 Å². The summed E-state index contributed by atoms with van der Waals surface area (Å²) in [5.74, 6) is 0.617. The van der Waals surface area contributed by atoms with Crippen molar-refractivity contribution in [3.05, 3.63) is 100.0 Å². The van der Waals surface area contributed by atoms with Crippen LogP contribution in [0.2, 0.25) is 0 Å². The summed E-state index contributed by atoms with van der Waals surface area (Å²) in [6.45, 7) is 4.10. The average Bonchev–Trinajstić information content (AvgIpc) is 3.53. The molecule has 3 heterocycles. The Morgan fingerprint density at radius 1 is 0.972 bits per heavy atom. The minimum Gasteiger partial charge on any atom is -0.360 e. The third-order valence-corrected chi connectivity index (χ3v) is 7.43. The van der Waals surface area contributed by atoms with Crippen LogP contribution in [0.15, 0.2) is 82.9 Å². The fraction of sp³-hybridized carbons (Fsp3) is 0.143. The first kappa shape index (κ1) is 22.3. The minimum absolute atomic E-state index is 0.00687. The molecule has 0 aliphatic rings. The number of carbonyl (C=O) groups is 1. The molecule has 1 N–H and O–H groups in total. The Morgan fingerprint density at radius 2 is 1.75 bits per heavy atom. The number of hydrogen-bond donors (Lipinski definition) is 1. The van der Waals surface area contributed by atoms with Gasteiger partial charge >= 0.3 is 0 Å². The quantitative estimate of drug-likeness (QED) is 0.249. The zero-order chi connectivity index (χ0) is 24.8. The molecule has 0 aliphatic carbocycles. The smallest absolute Gasteiger partial charge is 0.267 e. The summed E-state index contributed by atoms with van der Waals surface area (Å²) in [7, 11) is 0. The van der Waals surface area contributed by atoms with E-state index in [0.717, 1.165) is 22.9 Å². The third kappa shape index (κ3) is 3.53. The molecule has 0 amide bonds. The summed E-state index contributed by atoms with van der Waals surface area (Å²) in [6.07, 6.45) is 2.68. The number of fused-ring (bicyclic) bond motifs is 4. The predicted molar refractivity (Wildman–Crippen MR) is 144 cm³/mol. The fourth-order valence-corrected chi connectivity index (χ4v) is 5.47. The maximum absolute atomic E-state index is 13.5. The van der Waals surface area contributed by atoms with Gasteiger partial charge in [-0.05, 0) is 43.2 Å². The van der Waals surface area contributed by atoms with Crippen molar-refractivity contribution >= 4 is 45.1 Å². The summed E-state index contributed by atoms with van der Waals surface area (Å²) < 4.78 is 3.44. The lowest BCUT2D eigenvalue weighted by Crippen LogP contribution is -2.21. The van der Waals surface area contributed by atoms with E-state index in [2.05, 4.69) is 28.2 Å². The number of aromatic amines is 1. The fourth-order valence-electron chi connectivity index (χ4n) is 4.65. The monoisotopic (exact) mass is 493 g/mol. The first-order chi connectivity index (χ1) is 17.6. The van der Waals surface area contributed by atoms with E-state index < -0.39 is 0 Å². The van der Waals surface area contributed by atoms with E-state index in [0.29, 0.717) is 33.1 Å². The highest BCUT2D eigenvalue weighted by atomic mass is 32.2. The zero-order valence-electron chi connectivity index (χ0n) is 19.9. The number of nitrogens with zero attached hydrogens (tertiary/aromatic N) is 4. The van der Waals surface area contributed by atoms with Crippen LogP contribution >= 0.6 is 11.8 Å². The van der Waals surface area contributed by atoms with Gasteiger partial charge in [-0.2, -0.15) is 0 Å². The average molecular weight is 494 g/mol. The van der Waals surface area contributed by atoms with E-state index in [1.165, 1.54) is 17.3 Å². The molecule has 3 aromatic heterocycles. The predicted octanol–water partition coefficient (Wildman–Crippen LogP) is 5.36. The minimum atomic E-state index is -0.160. The lowest BCUT2D eigenvalue weighted by Gasteiger charge is -2.11. The highest BCUT2D eigenvalue weighted by Crippen LogP contribution is 2.27. The second kappa shape index (κ2) is 8.80. The van der Waals surface area contributed by atoms with Gasteiger partial charge in [-0.15, -0.1) is 10.2 Å². The van der Waals surface area contributed by atoms with Crippen LogP contribution in [-0.2, 0) is 6.42 Å². The molecular weight excluding hydrogens is 470 g/mol. The van der Waals surface area contributed by atoms with Crippen molar-refractivity contribution in [1.29, 1.82) is 0 Å². The van der Waals surface area contributed by atoms with Crippen molar-refractivity contribution in [2.45, 2.75) is 25.4 Å². The number of Topliss-reactive ketones (excluding diaryl/α,β-unsaturated/α-hetero) is 1. The van der Waals surface area contributed by atoms with Crippen LogP contribution in [0.5, 0.6) is 0 Å². The number of rotatable bonds is 6. The standard InChI is InChI=1S/C28H23N5O2S/c1-3-18-7-6-9-20-22(15-29-25(18)20)24(34)16-36-28-31-30-27-32(19-13-11-17(2)12-14-19)26(35)21-8-4-5-10-23(21)33(27)28/h4-15,29H,3,16H2,1-2H3. The van der Waals surface area contributed by atoms with E-state index in [1.807, 2.05) is 65.9 Å². The zero-order valence-corrected chi connectivity index (χ0v) is 20.7. The Morgan fingerprint density at radius 3 is 2.56 bits per heavy atom. The second-order valence-corrected chi connectivity index (χ2v) is 9.66. The molecule has 6 rings (SSSR count). The van der Waals surface area contributed by atoms with Crippen LogP contribution in [-0.4, -0.2) is 35.7 Å². The molecule has 36 heavy (non-hydrogen) atoms. The Bertz CT molecular complexity index is 1830. The van der Waals surface area contributed by atoms with E-state index >= 15 is 0 Å². The van der Waals surface area contributed by atoms with Gasteiger partial charge in [-0.3, -0.25) is 14.0 Å². The summed E-state index contributed by atoms with van der Waals surface area (Å²) in [5.41, 5.74) is 5.23. The first-order valence-corrected chi connectivity index (χ1v) is 12.8. The van der Waals surface area contributed by atoms with E-state index in [1.54, 1.807) is 16.8 Å². The molecule has 7 nitrogen and oxygen atoms in total. The van der Waals surface area contributed by atoms with E-state index in [-0.39, 0.29) is 17.1 Å². The van der Waals surface area contributed by atoms with Gasteiger partial charge in [0.05, 0.1) is 22.3 Å². The molecular formula is C28H23N5O2S. The lowest BCUT2D eigenvalue weighted by molar-refractivity contribution is 0.102. The van der Waals surface area contributed by atoms with Gasteiger partial charge in [0.25, 0.3) is 5.56 Å². The van der Waals surface area contributed by atoms with Gasteiger partial charge in [-0.1, -0.05) is 66.7 Å². The molecule has 0 radical (unpaired) electrons. The highest BCUT2D eigenvalue weighted by molar-refractivity contribution is 7.99. The number of hydrogen-bond acceptors (Lipinski definition) is 5. The van der Waals surface area contributed by atoms with Gasteiger partial charge < -0.3 is 4.98 Å². The normalized spacial score (nSPS) is 11.6. The number of aryl methyl sites for hydroxylation is 2. The maximum Gasteiger partial charge on any atom is 0.267 e. The van der Waals surface area contributed by atoms with Crippen LogP contribution < -0.4 is 5.56 Å². The van der Waals surface area contributed by atoms with Gasteiger partial charge in [0.2, 0.25) is 5.78 Å². The summed E-state index contributed by atoms with van der Waals surface area (Å²) >= 11 is 1.32. The molecule has 178 valence electrons. The molecule has 0 fully saturated rings. The summed E-state index contributed by atoms with van der Waals surface area (Å²) in [4.78, 5) is 30.0. The Kier molecular flexibility index (Phi) is 5.45. The van der Waals surface area contributed by atoms with Crippen LogP contribution in [0, 0.1) is 6.92 Å². The lowest BCUT2D eigenvalue weighted by atomic mass is 10.1. The number of para-hydroxylation sites is 2. The summed E-state index contributed by atoms with van der Waals surface area (Å²) in [6, 6.07) is 21.2. The van der Waals surface area contributed by atoms with Crippen molar-refractivity contribution in [1.82, 2.24) is 24.1 Å².